The number of carbonyl (C=O) groups excluding carboxylic acids is 2. The first-order valence-corrected chi connectivity index (χ1v) is 9.90. The summed E-state index contributed by atoms with van der Waals surface area (Å²) in [7, 11) is 3.11. The summed E-state index contributed by atoms with van der Waals surface area (Å²) in [6.07, 6.45) is 3.31. The quantitative estimate of drug-likeness (QED) is 0.500. The van der Waals surface area contributed by atoms with Crippen molar-refractivity contribution in [1.82, 2.24) is 15.3 Å². The molecule has 9 heteroatoms. The Bertz CT molecular complexity index is 1070. The lowest BCUT2D eigenvalue weighted by Gasteiger charge is -2.13. The number of benzene rings is 2. The molecule has 0 unspecified atom stereocenters. The molecule has 3 aromatic rings. The fourth-order valence-electron chi connectivity index (χ4n) is 2.87. The van der Waals surface area contributed by atoms with E-state index >= 15 is 0 Å². The Hall–Kier alpha value is -4.14. The number of anilines is 2. The Balaban J connectivity index is 1.55. The predicted molar refractivity (Wildman–Crippen MR) is 121 cm³/mol. The van der Waals surface area contributed by atoms with Crippen molar-refractivity contribution in [2.75, 3.05) is 24.9 Å². The normalized spacial score (nSPS) is 10.2. The van der Waals surface area contributed by atoms with Crippen molar-refractivity contribution in [3.8, 4) is 11.5 Å². The number of methoxy groups -OCH3 is 2. The number of rotatable bonds is 8. The molecule has 0 saturated carbocycles. The number of ether oxygens (including phenoxy) is 2. The Morgan fingerprint density at radius 1 is 0.906 bits per heavy atom. The van der Waals surface area contributed by atoms with E-state index in [1.165, 1.54) is 13.3 Å². The monoisotopic (exact) mass is 435 g/mol. The van der Waals surface area contributed by atoms with Crippen molar-refractivity contribution in [3.63, 3.8) is 0 Å². The van der Waals surface area contributed by atoms with E-state index in [-0.39, 0.29) is 12.3 Å². The first kappa shape index (κ1) is 22.5. The molecular weight excluding hydrogens is 410 g/mol. The number of nitrogens with one attached hydrogen (secondary N) is 3. The number of nitrogens with zero attached hydrogens (tertiary/aromatic N) is 2. The van der Waals surface area contributed by atoms with Gasteiger partial charge in [-0.25, -0.2) is 9.78 Å². The summed E-state index contributed by atoms with van der Waals surface area (Å²) < 4.78 is 10.5. The number of urea groups is 1. The van der Waals surface area contributed by atoms with E-state index in [1.54, 1.807) is 31.5 Å². The third-order valence-corrected chi connectivity index (χ3v) is 4.55. The van der Waals surface area contributed by atoms with E-state index in [2.05, 4.69) is 25.9 Å². The first-order chi connectivity index (χ1) is 15.5. The van der Waals surface area contributed by atoms with Crippen LogP contribution in [0.25, 0.3) is 0 Å². The SMILES string of the molecule is COc1ccc(CC(=O)NCc2ccc(NC(=O)Nc3cnc(C)cn3)c(OC)c2)cc1. The Morgan fingerprint density at radius 2 is 1.66 bits per heavy atom. The lowest BCUT2D eigenvalue weighted by Crippen LogP contribution is -2.24. The van der Waals surface area contributed by atoms with E-state index in [1.807, 2.05) is 31.2 Å². The molecule has 0 spiro atoms. The highest BCUT2D eigenvalue weighted by molar-refractivity contribution is 6.00. The minimum atomic E-state index is -0.470. The standard InChI is InChI=1S/C23H25N5O4/c1-15-12-25-21(14-24-15)28-23(30)27-19-9-6-17(10-20(19)32-3)13-26-22(29)11-16-4-7-18(31-2)8-5-16/h4-10,12,14H,11,13H2,1-3H3,(H,26,29)(H2,25,27,28,30). The van der Waals surface area contributed by atoms with E-state index in [4.69, 9.17) is 9.47 Å². The van der Waals surface area contributed by atoms with Crippen LogP contribution < -0.4 is 25.4 Å². The van der Waals surface area contributed by atoms with Crippen molar-refractivity contribution in [3.05, 3.63) is 71.7 Å². The molecule has 0 aliphatic rings. The van der Waals surface area contributed by atoms with Gasteiger partial charge in [-0.1, -0.05) is 18.2 Å². The summed E-state index contributed by atoms with van der Waals surface area (Å²) in [5, 5.41) is 8.21. The molecule has 3 N–H and O–H groups in total. The van der Waals surface area contributed by atoms with Crippen LogP contribution in [0.5, 0.6) is 11.5 Å². The maximum atomic E-state index is 12.3. The molecule has 0 bridgehead atoms. The van der Waals surface area contributed by atoms with Crippen LogP contribution in [0.3, 0.4) is 0 Å². The minimum absolute atomic E-state index is 0.102. The van der Waals surface area contributed by atoms with E-state index < -0.39 is 6.03 Å². The maximum Gasteiger partial charge on any atom is 0.324 e. The van der Waals surface area contributed by atoms with Crippen molar-refractivity contribution < 1.29 is 19.1 Å². The van der Waals surface area contributed by atoms with Gasteiger partial charge in [0, 0.05) is 6.54 Å². The zero-order valence-electron chi connectivity index (χ0n) is 18.1. The molecule has 1 heterocycles. The van der Waals surface area contributed by atoms with Crippen molar-refractivity contribution in [2.45, 2.75) is 19.9 Å². The van der Waals surface area contributed by atoms with Gasteiger partial charge >= 0.3 is 6.03 Å². The van der Waals surface area contributed by atoms with Crippen LogP contribution in [-0.4, -0.2) is 36.1 Å². The van der Waals surface area contributed by atoms with Crippen LogP contribution in [0.1, 0.15) is 16.8 Å². The predicted octanol–water partition coefficient (Wildman–Crippen LogP) is 3.31. The van der Waals surface area contributed by atoms with Crippen LogP contribution >= 0.6 is 0 Å². The van der Waals surface area contributed by atoms with Crippen molar-refractivity contribution in [2.24, 2.45) is 0 Å². The van der Waals surface area contributed by atoms with Crippen LogP contribution in [-0.2, 0) is 17.8 Å². The van der Waals surface area contributed by atoms with Crippen LogP contribution in [0.2, 0.25) is 0 Å². The fraction of sp³-hybridized carbons (Fsp3) is 0.217. The number of hydrogen-bond donors (Lipinski definition) is 3. The van der Waals surface area contributed by atoms with Crippen LogP contribution in [0, 0.1) is 6.92 Å². The summed E-state index contributed by atoms with van der Waals surface area (Å²) in [5.74, 6) is 1.45. The van der Waals surface area contributed by atoms with Gasteiger partial charge in [0.05, 0.1) is 44.4 Å². The molecule has 166 valence electrons. The highest BCUT2D eigenvalue weighted by Crippen LogP contribution is 2.25. The van der Waals surface area contributed by atoms with Gasteiger partial charge in [-0.15, -0.1) is 0 Å². The molecule has 9 nitrogen and oxygen atoms in total. The van der Waals surface area contributed by atoms with Gasteiger partial charge in [-0.05, 0) is 42.3 Å². The van der Waals surface area contributed by atoms with Crippen LogP contribution in [0.15, 0.2) is 54.9 Å². The van der Waals surface area contributed by atoms with E-state index in [0.29, 0.717) is 23.8 Å². The van der Waals surface area contributed by atoms with Gasteiger partial charge in [0.1, 0.15) is 11.5 Å². The molecule has 0 aliphatic heterocycles. The lowest BCUT2D eigenvalue weighted by molar-refractivity contribution is -0.120. The average molecular weight is 435 g/mol. The second kappa shape index (κ2) is 10.8. The van der Waals surface area contributed by atoms with E-state index in [9.17, 15) is 9.59 Å². The van der Waals surface area contributed by atoms with Gasteiger partial charge in [-0.3, -0.25) is 15.1 Å². The van der Waals surface area contributed by atoms with Gasteiger partial charge in [0.25, 0.3) is 0 Å². The molecule has 0 radical (unpaired) electrons. The summed E-state index contributed by atoms with van der Waals surface area (Å²) in [4.78, 5) is 32.7. The molecule has 1 aromatic heterocycles. The Labute approximate surface area is 186 Å². The number of carbonyl (C=O) groups is 2. The third-order valence-electron chi connectivity index (χ3n) is 4.55. The molecular formula is C23H25N5O4. The smallest absolute Gasteiger partial charge is 0.324 e. The van der Waals surface area contributed by atoms with Crippen molar-refractivity contribution >= 4 is 23.4 Å². The Morgan fingerprint density at radius 3 is 2.31 bits per heavy atom. The lowest BCUT2D eigenvalue weighted by atomic mass is 10.1. The summed E-state index contributed by atoms with van der Waals surface area (Å²) in [5.41, 5.74) is 2.97. The summed E-state index contributed by atoms with van der Waals surface area (Å²) in [6, 6.07) is 12.2. The first-order valence-electron chi connectivity index (χ1n) is 9.90. The maximum absolute atomic E-state index is 12.3. The average Bonchev–Trinajstić information content (AvgIpc) is 2.80. The largest absolute Gasteiger partial charge is 0.497 e. The molecule has 0 aliphatic carbocycles. The highest BCUT2D eigenvalue weighted by Gasteiger charge is 2.10. The minimum Gasteiger partial charge on any atom is -0.497 e. The molecule has 3 amide bonds. The molecule has 0 saturated heterocycles. The van der Waals surface area contributed by atoms with Gasteiger partial charge in [0.15, 0.2) is 5.82 Å². The highest BCUT2D eigenvalue weighted by atomic mass is 16.5. The molecule has 2 aromatic carbocycles. The number of hydrogen-bond acceptors (Lipinski definition) is 6. The van der Waals surface area contributed by atoms with E-state index in [0.717, 1.165) is 22.6 Å². The zero-order chi connectivity index (χ0) is 22.9. The summed E-state index contributed by atoms with van der Waals surface area (Å²) in [6.45, 7) is 2.14. The Kier molecular flexibility index (Phi) is 7.58. The van der Waals surface area contributed by atoms with Crippen LogP contribution in [0.4, 0.5) is 16.3 Å². The van der Waals surface area contributed by atoms with Gasteiger partial charge in [-0.2, -0.15) is 0 Å². The molecule has 0 fully saturated rings. The number of aromatic nitrogens is 2. The van der Waals surface area contributed by atoms with Gasteiger partial charge < -0.3 is 20.1 Å². The van der Waals surface area contributed by atoms with Crippen molar-refractivity contribution in [1.29, 1.82) is 0 Å². The molecule has 0 atom stereocenters. The van der Waals surface area contributed by atoms with Gasteiger partial charge in [0.2, 0.25) is 5.91 Å². The second-order valence-corrected chi connectivity index (χ2v) is 6.96. The number of amides is 3. The molecule has 32 heavy (non-hydrogen) atoms. The third kappa shape index (κ3) is 6.43. The topological polar surface area (TPSA) is 114 Å². The second-order valence-electron chi connectivity index (χ2n) is 6.96. The number of aryl methyl sites for hydroxylation is 1. The summed E-state index contributed by atoms with van der Waals surface area (Å²) >= 11 is 0. The fourth-order valence-corrected chi connectivity index (χ4v) is 2.87. The molecule has 3 rings (SSSR count). The zero-order valence-corrected chi connectivity index (χ0v) is 18.1.